The Labute approximate surface area is 192 Å². The van der Waals surface area contributed by atoms with E-state index in [0.717, 1.165) is 44.1 Å². The lowest BCUT2D eigenvalue weighted by atomic mass is 9.98. The Bertz CT molecular complexity index is 867. The lowest BCUT2D eigenvalue weighted by Gasteiger charge is -2.34. The van der Waals surface area contributed by atoms with E-state index < -0.39 is 10.0 Å². The minimum Gasteiger partial charge on any atom is -0.353 e. The minimum atomic E-state index is -3.40. The summed E-state index contributed by atoms with van der Waals surface area (Å²) < 4.78 is 26.8. The standard InChI is InChI=1S/C24H37N3O4S/c1-3-20(4-2)24(29)26-17-13-21(14-18-26)25-23(28)12-9-19-7-10-22(11-8-19)32(30,31)27-15-5-6-16-27/h7-8,10-11,20-21H,3-6,9,12-18H2,1-2H3,(H,25,28). The largest absolute Gasteiger partial charge is 0.353 e. The highest BCUT2D eigenvalue weighted by molar-refractivity contribution is 7.89. The summed E-state index contributed by atoms with van der Waals surface area (Å²) in [6.07, 6.45) is 6.10. The van der Waals surface area contributed by atoms with Crippen molar-refractivity contribution in [1.82, 2.24) is 14.5 Å². The van der Waals surface area contributed by atoms with Crippen molar-refractivity contribution in [3.05, 3.63) is 29.8 Å². The van der Waals surface area contributed by atoms with E-state index in [1.54, 1.807) is 28.6 Å². The summed E-state index contributed by atoms with van der Waals surface area (Å²) in [6.45, 7) is 6.70. The molecule has 2 saturated heterocycles. The molecule has 1 aromatic carbocycles. The number of nitrogens with zero attached hydrogens (tertiary/aromatic N) is 2. The number of amides is 2. The molecule has 1 N–H and O–H groups in total. The maximum atomic E-state index is 12.6. The molecule has 32 heavy (non-hydrogen) atoms. The van der Waals surface area contributed by atoms with Crippen molar-refractivity contribution in [2.75, 3.05) is 26.2 Å². The first-order valence-electron chi connectivity index (χ1n) is 12.0. The number of hydrogen-bond donors (Lipinski definition) is 1. The number of carbonyl (C=O) groups excluding carboxylic acids is 2. The van der Waals surface area contributed by atoms with E-state index in [9.17, 15) is 18.0 Å². The van der Waals surface area contributed by atoms with Gasteiger partial charge in [0, 0.05) is 44.6 Å². The molecule has 0 spiro atoms. The summed E-state index contributed by atoms with van der Waals surface area (Å²) in [6, 6.07) is 7.01. The van der Waals surface area contributed by atoms with Crippen LogP contribution in [-0.2, 0) is 26.0 Å². The lowest BCUT2D eigenvalue weighted by Crippen LogP contribution is -2.48. The van der Waals surface area contributed by atoms with Crippen molar-refractivity contribution >= 4 is 21.8 Å². The van der Waals surface area contributed by atoms with Crippen molar-refractivity contribution in [2.24, 2.45) is 5.92 Å². The normalized spacial score (nSPS) is 18.3. The van der Waals surface area contributed by atoms with Gasteiger partial charge in [0.1, 0.15) is 0 Å². The molecule has 7 nitrogen and oxygen atoms in total. The van der Waals surface area contributed by atoms with Gasteiger partial charge in [-0.15, -0.1) is 0 Å². The van der Waals surface area contributed by atoms with Gasteiger partial charge in [0.25, 0.3) is 0 Å². The van der Waals surface area contributed by atoms with Gasteiger partial charge in [-0.2, -0.15) is 4.31 Å². The van der Waals surface area contributed by atoms with Gasteiger partial charge in [-0.1, -0.05) is 26.0 Å². The van der Waals surface area contributed by atoms with E-state index in [1.807, 2.05) is 4.90 Å². The van der Waals surface area contributed by atoms with Gasteiger partial charge in [0.05, 0.1) is 4.90 Å². The first-order chi connectivity index (χ1) is 15.3. The molecule has 3 rings (SSSR count). The predicted molar refractivity (Wildman–Crippen MR) is 125 cm³/mol. The molecule has 0 unspecified atom stereocenters. The highest BCUT2D eigenvalue weighted by Crippen LogP contribution is 2.21. The Morgan fingerprint density at radius 1 is 1.00 bits per heavy atom. The first kappa shape index (κ1) is 24.7. The van der Waals surface area contributed by atoms with Crippen LogP contribution in [0.4, 0.5) is 0 Å². The van der Waals surface area contributed by atoms with Gasteiger partial charge in [-0.3, -0.25) is 9.59 Å². The molecule has 2 aliphatic heterocycles. The predicted octanol–water partition coefficient (Wildman–Crippen LogP) is 2.95. The highest BCUT2D eigenvalue weighted by Gasteiger charge is 2.28. The maximum Gasteiger partial charge on any atom is 0.243 e. The smallest absolute Gasteiger partial charge is 0.243 e. The topological polar surface area (TPSA) is 86.8 Å². The monoisotopic (exact) mass is 463 g/mol. The van der Waals surface area contributed by atoms with Gasteiger partial charge in [-0.05, 0) is 62.6 Å². The number of sulfonamides is 1. The Hall–Kier alpha value is -1.93. The Morgan fingerprint density at radius 3 is 2.16 bits per heavy atom. The van der Waals surface area contributed by atoms with Crippen LogP contribution in [0.5, 0.6) is 0 Å². The molecule has 2 heterocycles. The molecule has 2 aliphatic rings. The van der Waals surface area contributed by atoms with E-state index in [-0.39, 0.29) is 23.8 Å². The summed E-state index contributed by atoms with van der Waals surface area (Å²) in [7, 11) is -3.40. The molecule has 0 bridgehead atoms. The fourth-order valence-electron chi connectivity index (χ4n) is 4.60. The van der Waals surface area contributed by atoms with Crippen LogP contribution in [0.3, 0.4) is 0 Å². The number of hydrogen-bond acceptors (Lipinski definition) is 4. The van der Waals surface area contributed by atoms with Crippen molar-refractivity contribution in [3.8, 4) is 0 Å². The second kappa shape index (κ2) is 11.3. The van der Waals surface area contributed by atoms with Gasteiger partial charge >= 0.3 is 0 Å². The lowest BCUT2D eigenvalue weighted by molar-refractivity contribution is -0.137. The van der Waals surface area contributed by atoms with Gasteiger partial charge in [0.15, 0.2) is 0 Å². The maximum absolute atomic E-state index is 12.6. The molecule has 0 saturated carbocycles. The molecular formula is C24H37N3O4S. The molecule has 2 fully saturated rings. The minimum absolute atomic E-state index is 0.00327. The number of piperidine rings is 1. The molecule has 8 heteroatoms. The molecule has 2 amide bonds. The van der Waals surface area contributed by atoms with Gasteiger partial charge < -0.3 is 10.2 Å². The fraction of sp³-hybridized carbons (Fsp3) is 0.667. The summed E-state index contributed by atoms with van der Waals surface area (Å²) in [5.41, 5.74) is 0.950. The van der Waals surface area contributed by atoms with Crippen LogP contribution in [0.15, 0.2) is 29.2 Å². The zero-order chi connectivity index (χ0) is 23.1. The van der Waals surface area contributed by atoms with Crippen molar-refractivity contribution in [2.45, 2.75) is 76.2 Å². The highest BCUT2D eigenvalue weighted by atomic mass is 32.2. The van der Waals surface area contributed by atoms with E-state index in [2.05, 4.69) is 19.2 Å². The third kappa shape index (κ3) is 6.10. The van der Waals surface area contributed by atoms with Crippen LogP contribution in [-0.4, -0.2) is 61.7 Å². The molecule has 1 aromatic rings. The molecule has 0 atom stereocenters. The van der Waals surface area contributed by atoms with Crippen molar-refractivity contribution < 1.29 is 18.0 Å². The van der Waals surface area contributed by atoms with Crippen LogP contribution in [0, 0.1) is 5.92 Å². The zero-order valence-corrected chi connectivity index (χ0v) is 20.2. The summed E-state index contributed by atoms with van der Waals surface area (Å²) >= 11 is 0. The summed E-state index contributed by atoms with van der Waals surface area (Å²) in [5.74, 6) is 0.358. The molecule has 0 aromatic heterocycles. The Kier molecular flexibility index (Phi) is 8.71. The second-order valence-corrected chi connectivity index (χ2v) is 10.9. The third-order valence-electron chi connectivity index (χ3n) is 6.77. The number of carbonyl (C=O) groups is 2. The number of likely N-dealkylation sites (tertiary alicyclic amines) is 1. The third-order valence-corrected chi connectivity index (χ3v) is 8.69. The zero-order valence-electron chi connectivity index (χ0n) is 19.4. The molecular weight excluding hydrogens is 426 g/mol. The summed E-state index contributed by atoms with van der Waals surface area (Å²) in [5, 5.41) is 3.10. The molecule has 0 radical (unpaired) electrons. The van der Waals surface area contributed by atoms with Crippen LogP contribution >= 0.6 is 0 Å². The average molecular weight is 464 g/mol. The number of rotatable bonds is 9. The Balaban J connectivity index is 1.42. The number of aryl methyl sites for hydroxylation is 1. The SMILES string of the molecule is CCC(CC)C(=O)N1CCC(NC(=O)CCc2ccc(S(=O)(=O)N3CCCC3)cc2)CC1. The van der Waals surface area contributed by atoms with Crippen molar-refractivity contribution in [3.63, 3.8) is 0 Å². The molecule has 178 valence electrons. The van der Waals surface area contributed by atoms with Crippen LogP contribution in [0.25, 0.3) is 0 Å². The van der Waals surface area contributed by atoms with E-state index in [4.69, 9.17) is 0 Å². The fourth-order valence-corrected chi connectivity index (χ4v) is 6.12. The quantitative estimate of drug-likeness (QED) is 0.610. The second-order valence-electron chi connectivity index (χ2n) is 8.94. The number of benzene rings is 1. The van der Waals surface area contributed by atoms with E-state index >= 15 is 0 Å². The summed E-state index contributed by atoms with van der Waals surface area (Å²) in [4.78, 5) is 27.2. The van der Waals surface area contributed by atoms with E-state index in [0.29, 0.717) is 43.9 Å². The van der Waals surface area contributed by atoms with Crippen LogP contribution in [0.1, 0.15) is 64.4 Å². The van der Waals surface area contributed by atoms with Crippen LogP contribution in [0.2, 0.25) is 0 Å². The Morgan fingerprint density at radius 2 is 1.59 bits per heavy atom. The number of nitrogens with one attached hydrogen (secondary N) is 1. The van der Waals surface area contributed by atoms with Gasteiger partial charge in [0.2, 0.25) is 21.8 Å². The van der Waals surface area contributed by atoms with Crippen molar-refractivity contribution in [1.29, 1.82) is 0 Å². The first-order valence-corrected chi connectivity index (χ1v) is 13.5. The van der Waals surface area contributed by atoms with Gasteiger partial charge in [-0.25, -0.2) is 8.42 Å². The van der Waals surface area contributed by atoms with E-state index in [1.165, 1.54) is 0 Å². The molecule has 0 aliphatic carbocycles. The van der Waals surface area contributed by atoms with Crippen LogP contribution < -0.4 is 5.32 Å². The average Bonchev–Trinajstić information content (AvgIpc) is 3.35.